The molecule has 0 spiro atoms. The van der Waals surface area contributed by atoms with E-state index in [0.29, 0.717) is 16.8 Å². The van der Waals surface area contributed by atoms with Gasteiger partial charge in [0.2, 0.25) is 10.0 Å². The summed E-state index contributed by atoms with van der Waals surface area (Å²) in [7, 11) is -1.91. The van der Waals surface area contributed by atoms with Gasteiger partial charge in [-0.25, -0.2) is 13.1 Å². The molecule has 0 saturated heterocycles. The van der Waals surface area contributed by atoms with Gasteiger partial charge < -0.3 is 10.1 Å². The lowest BCUT2D eigenvalue weighted by Gasteiger charge is -2.22. The van der Waals surface area contributed by atoms with Gasteiger partial charge in [0.05, 0.1) is 5.60 Å². The molecule has 21 heavy (non-hydrogen) atoms. The minimum absolute atomic E-state index is 0.238. The Hall–Kier alpha value is -0.470. The summed E-state index contributed by atoms with van der Waals surface area (Å²) in [4.78, 5) is 1.05. The molecule has 0 aromatic carbocycles. The van der Waals surface area contributed by atoms with E-state index in [2.05, 4.69) is 23.9 Å². The number of hydrogen-bond donors (Lipinski definition) is 2. The number of ether oxygens (including phenoxy) is 1. The lowest BCUT2D eigenvalue weighted by atomic mass is 10.1. The zero-order chi connectivity index (χ0) is 16.3. The highest BCUT2D eigenvalue weighted by Crippen LogP contribution is 2.26. The molecule has 0 atom stereocenters. The second kappa shape index (κ2) is 7.19. The molecule has 5 nitrogen and oxygen atoms in total. The summed E-state index contributed by atoms with van der Waals surface area (Å²) in [6, 6.07) is 2.09. The standard InChI is InChI=1S/C14H26N2O3S2/c1-10(2)15-8-12-11(3)7-13(20-12)21(17,18)16-9-14(4,5)19-6/h7,10,15-16H,8-9H2,1-6H3. The molecule has 1 aromatic rings. The van der Waals surface area contributed by atoms with E-state index in [1.54, 1.807) is 13.2 Å². The molecule has 0 aliphatic carbocycles. The molecule has 0 aliphatic heterocycles. The monoisotopic (exact) mass is 334 g/mol. The summed E-state index contributed by atoms with van der Waals surface area (Å²) in [5.74, 6) is 0. The van der Waals surface area contributed by atoms with Gasteiger partial charge in [-0.3, -0.25) is 0 Å². The van der Waals surface area contributed by atoms with Crippen LogP contribution in [-0.2, 0) is 21.3 Å². The topological polar surface area (TPSA) is 67.4 Å². The van der Waals surface area contributed by atoms with Gasteiger partial charge in [0.15, 0.2) is 0 Å². The summed E-state index contributed by atoms with van der Waals surface area (Å²) < 4.78 is 32.8. The zero-order valence-electron chi connectivity index (χ0n) is 13.6. The third kappa shape index (κ3) is 5.67. The van der Waals surface area contributed by atoms with Crippen LogP contribution in [0.1, 0.15) is 38.1 Å². The molecule has 0 radical (unpaired) electrons. The molecule has 1 aromatic heterocycles. The van der Waals surface area contributed by atoms with Crippen LogP contribution in [-0.4, -0.2) is 33.7 Å². The Kier molecular flexibility index (Phi) is 6.36. The van der Waals surface area contributed by atoms with Crippen molar-refractivity contribution in [1.82, 2.24) is 10.0 Å². The second-order valence-corrected chi connectivity index (χ2v) is 9.13. The predicted octanol–water partition coefficient (Wildman–Crippen LogP) is 2.26. The smallest absolute Gasteiger partial charge is 0.250 e. The van der Waals surface area contributed by atoms with E-state index in [-0.39, 0.29) is 6.54 Å². The first-order chi connectivity index (χ1) is 9.57. The number of rotatable bonds is 8. The van der Waals surface area contributed by atoms with Crippen molar-refractivity contribution in [2.24, 2.45) is 0 Å². The van der Waals surface area contributed by atoms with Crippen LogP contribution in [0.3, 0.4) is 0 Å². The third-order valence-electron chi connectivity index (χ3n) is 3.17. The molecule has 7 heteroatoms. The Balaban J connectivity index is 2.82. The van der Waals surface area contributed by atoms with E-state index in [1.165, 1.54) is 11.3 Å². The van der Waals surface area contributed by atoms with Gasteiger partial charge in [0.1, 0.15) is 4.21 Å². The van der Waals surface area contributed by atoms with Crippen molar-refractivity contribution in [1.29, 1.82) is 0 Å². The Morgan fingerprint density at radius 3 is 2.52 bits per heavy atom. The fraction of sp³-hybridized carbons (Fsp3) is 0.714. The Labute approximate surface area is 132 Å². The molecule has 0 saturated carbocycles. The number of methoxy groups -OCH3 is 1. The van der Waals surface area contributed by atoms with E-state index in [9.17, 15) is 8.42 Å². The molecule has 2 N–H and O–H groups in total. The van der Waals surface area contributed by atoms with Crippen LogP contribution < -0.4 is 10.0 Å². The normalized spacial score (nSPS) is 13.1. The molecule has 0 unspecified atom stereocenters. The van der Waals surface area contributed by atoms with E-state index in [4.69, 9.17) is 4.74 Å². The van der Waals surface area contributed by atoms with Crippen LogP contribution in [0.5, 0.6) is 0 Å². The van der Waals surface area contributed by atoms with Gasteiger partial charge in [-0.2, -0.15) is 0 Å². The molecule has 0 aliphatic rings. The zero-order valence-corrected chi connectivity index (χ0v) is 15.2. The van der Waals surface area contributed by atoms with Crippen molar-refractivity contribution < 1.29 is 13.2 Å². The molecule has 0 fully saturated rings. The number of sulfonamides is 1. The van der Waals surface area contributed by atoms with Crippen molar-refractivity contribution in [2.75, 3.05) is 13.7 Å². The van der Waals surface area contributed by atoms with E-state index in [1.807, 2.05) is 20.8 Å². The van der Waals surface area contributed by atoms with E-state index >= 15 is 0 Å². The highest BCUT2D eigenvalue weighted by atomic mass is 32.2. The van der Waals surface area contributed by atoms with Crippen molar-refractivity contribution >= 4 is 21.4 Å². The van der Waals surface area contributed by atoms with Crippen LogP contribution in [0.15, 0.2) is 10.3 Å². The summed E-state index contributed by atoms with van der Waals surface area (Å²) in [5.41, 5.74) is 0.473. The van der Waals surface area contributed by atoms with Gasteiger partial charge in [-0.15, -0.1) is 11.3 Å². The summed E-state index contributed by atoms with van der Waals surface area (Å²) in [5, 5.41) is 3.31. The highest BCUT2D eigenvalue weighted by molar-refractivity contribution is 7.91. The molecule has 1 heterocycles. The lowest BCUT2D eigenvalue weighted by molar-refractivity contribution is 0.0276. The number of hydrogen-bond acceptors (Lipinski definition) is 5. The Morgan fingerprint density at radius 1 is 1.38 bits per heavy atom. The fourth-order valence-corrected chi connectivity index (χ4v) is 4.29. The number of nitrogens with one attached hydrogen (secondary N) is 2. The maximum atomic E-state index is 12.3. The van der Waals surface area contributed by atoms with E-state index in [0.717, 1.165) is 10.4 Å². The maximum Gasteiger partial charge on any atom is 0.250 e. The number of aryl methyl sites for hydroxylation is 1. The second-order valence-electron chi connectivity index (χ2n) is 6.00. The Morgan fingerprint density at radius 2 is 2.00 bits per heavy atom. The first-order valence-corrected chi connectivity index (χ1v) is 9.25. The summed E-state index contributed by atoms with van der Waals surface area (Å²) in [6.07, 6.45) is 0. The van der Waals surface area contributed by atoms with Gasteiger partial charge in [-0.05, 0) is 32.4 Å². The van der Waals surface area contributed by atoms with Crippen molar-refractivity contribution in [2.45, 2.75) is 57.0 Å². The molecule has 0 bridgehead atoms. The van der Waals surface area contributed by atoms with Crippen LogP contribution >= 0.6 is 11.3 Å². The van der Waals surface area contributed by atoms with Gasteiger partial charge in [-0.1, -0.05) is 13.8 Å². The predicted molar refractivity (Wildman–Crippen MR) is 87.3 cm³/mol. The SMILES string of the molecule is COC(C)(C)CNS(=O)(=O)c1cc(C)c(CNC(C)C)s1. The van der Waals surface area contributed by atoms with Crippen molar-refractivity contribution in [3.63, 3.8) is 0 Å². The van der Waals surface area contributed by atoms with Gasteiger partial charge in [0, 0.05) is 31.1 Å². The average molecular weight is 335 g/mol. The average Bonchev–Trinajstić information content (AvgIpc) is 2.76. The molecule has 0 amide bonds. The van der Waals surface area contributed by atoms with Crippen LogP contribution in [0.2, 0.25) is 0 Å². The summed E-state index contributed by atoms with van der Waals surface area (Å²) in [6.45, 7) is 10.7. The largest absolute Gasteiger partial charge is 0.377 e. The van der Waals surface area contributed by atoms with Crippen molar-refractivity contribution in [3.8, 4) is 0 Å². The third-order valence-corrected chi connectivity index (χ3v) is 6.29. The summed E-state index contributed by atoms with van der Waals surface area (Å²) >= 11 is 1.31. The molecular formula is C14H26N2O3S2. The van der Waals surface area contributed by atoms with E-state index < -0.39 is 15.6 Å². The highest BCUT2D eigenvalue weighted by Gasteiger charge is 2.23. The van der Waals surface area contributed by atoms with Gasteiger partial charge >= 0.3 is 0 Å². The lowest BCUT2D eigenvalue weighted by Crippen LogP contribution is -2.39. The van der Waals surface area contributed by atoms with Gasteiger partial charge in [0.25, 0.3) is 0 Å². The molecule has 122 valence electrons. The quantitative estimate of drug-likeness (QED) is 0.765. The molecular weight excluding hydrogens is 308 g/mol. The first kappa shape index (κ1) is 18.6. The van der Waals surface area contributed by atoms with Crippen LogP contribution in [0.4, 0.5) is 0 Å². The maximum absolute atomic E-state index is 12.3. The van der Waals surface area contributed by atoms with Crippen LogP contribution in [0, 0.1) is 6.92 Å². The minimum atomic E-state index is -3.48. The number of thiophene rings is 1. The molecule has 1 rings (SSSR count). The minimum Gasteiger partial charge on any atom is -0.377 e. The van der Waals surface area contributed by atoms with Crippen molar-refractivity contribution in [3.05, 3.63) is 16.5 Å². The first-order valence-electron chi connectivity index (χ1n) is 6.95. The van der Waals surface area contributed by atoms with Crippen LogP contribution in [0.25, 0.3) is 0 Å². The Bertz CT molecular complexity index is 563. The fourth-order valence-electron chi connectivity index (χ4n) is 1.51.